The van der Waals surface area contributed by atoms with E-state index in [9.17, 15) is 14.4 Å². The summed E-state index contributed by atoms with van der Waals surface area (Å²) in [5.74, 6) is -0.633. The molecule has 1 aliphatic rings. The van der Waals surface area contributed by atoms with Gasteiger partial charge in [0.05, 0.1) is 6.54 Å². The zero-order chi connectivity index (χ0) is 19.9. The minimum atomic E-state index is -0.709. The summed E-state index contributed by atoms with van der Waals surface area (Å²) >= 11 is 0. The molecule has 2 heterocycles. The second-order valence-corrected chi connectivity index (χ2v) is 7.49. The van der Waals surface area contributed by atoms with E-state index >= 15 is 0 Å². The van der Waals surface area contributed by atoms with Crippen LogP contribution in [0.1, 0.15) is 45.6 Å². The molecule has 0 saturated carbocycles. The highest BCUT2D eigenvalue weighted by Gasteiger charge is 2.29. The average Bonchev–Trinajstić information content (AvgIpc) is 2.75. The monoisotopic (exact) mass is 377 g/mol. The van der Waals surface area contributed by atoms with E-state index in [0.29, 0.717) is 19.3 Å². The second kappa shape index (κ2) is 9.34. The molecule has 2 N–H and O–H groups in total. The van der Waals surface area contributed by atoms with Crippen LogP contribution in [0.4, 0.5) is 4.79 Å². The minimum absolute atomic E-state index is 0.226. The molecule has 0 radical (unpaired) electrons. The largest absolute Gasteiger partial charge is 0.460 e. The van der Waals surface area contributed by atoms with E-state index in [0.717, 1.165) is 5.56 Å². The molecule has 8 heteroatoms. The Hall–Kier alpha value is -2.64. The summed E-state index contributed by atoms with van der Waals surface area (Å²) in [5, 5.41) is 5.26. The molecule has 1 saturated heterocycles. The predicted molar refractivity (Wildman–Crippen MR) is 97.8 cm³/mol. The van der Waals surface area contributed by atoms with E-state index < -0.39 is 23.8 Å². The Morgan fingerprint density at radius 3 is 2.78 bits per heavy atom. The fourth-order valence-electron chi connectivity index (χ4n) is 2.65. The number of esters is 1. The summed E-state index contributed by atoms with van der Waals surface area (Å²) in [4.78, 5) is 40.0. The topological polar surface area (TPSA) is 107 Å². The zero-order valence-corrected chi connectivity index (χ0v) is 16.0. The van der Waals surface area contributed by atoms with Crippen molar-refractivity contribution in [2.75, 3.05) is 6.54 Å². The maximum atomic E-state index is 12.1. The van der Waals surface area contributed by atoms with Gasteiger partial charge in [-0.3, -0.25) is 14.6 Å². The van der Waals surface area contributed by atoms with Gasteiger partial charge in [0.15, 0.2) is 0 Å². The number of rotatable bonds is 5. The molecule has 1 fully saturated rings. The van der Waals surface area contributed by atoms with Crippen LogP contribution in [0.3, 0.4) is 0 Å². The van der Waals surface area contributed by atoms with Crippen LogP contribution in [-0.2, 0) is 25.5 Å². The number of alkyl carbamates (subject to hydrolysis) is 1. The Balaban J connectivity index is 1.78. The number of aromatic nitrogens is 1. The van der Waals surface area contributed by atoms with Crippen molar-refractivity contribution >= 4 is 18.0 Å². The van der Waals surface area contributed by atoms with Crippen molar-refractivity contribution in [2.24, 2.45) is 0 Å². The summed E-state index contributed by atoms with van der Waals surface area (Å²) in [7, 11) is 0. The summed E-state index contributed by atoms with van der Waals surface area (Å²) in [6.45, 7) is 5.48. The smallest absolute Gasteiger partial charge is 0.408 e. The summed E-state index contributed by atoms with van der Waals surface area (Å²) in [5.41, 5.74) is 0.322. The van der Waals surface area contributed by atoms with Gasteiger partial charge in [-0.1, -0.05) is 6.07 Å². The van der Waals surface area contributed by atoms with Gasteiger partial charge >= 0.3 is 12.1 Å². The lowest BCUT2D eigenvalue weighted by atomic mass is 10.1. The Bertz CT molecular complexity index is 657. The lowest BCUT2D eigenvalue weighted by molar-refractivity contribution is -0.149. The van der Waals surface area contributed by atoms with Crippen molar-refractivity contribution in [1.82, 2.24) is 15.6 Å². The number of aryl methyl sites for hydroxylation is 1. The second-order valence-electron chi connectivity index (χ2n) is 7.49. The normalized spacial score (nSPS) is 20.2. The number of pyridine rings is 1. The zero-order valence-electron chi connectivity index (χ0n) is 16.0. The fraction of sp³-hybridized carbons (Fsp3) is 0.579. The maximum absolute atomic E-state index is 12.1. The van der Waals surface area contributed by atoms with Crippen LogP contribution in [0.5, 0.6) is 0 Å². The van der Waals surface area contributed by atoms with Gasteiger partial charge in [0, 0.05) is 18.8 Å². The molecule has 1 aliphatic heterocycles. The standard InChI is InChI=1S/C19H27N3O5/c1-19(2,3)27-18(25)22-15-8-7-14(12-21-17(15)24)26-16(23)9-6-13-5-4-10-20-11-13/h4-5,10-11,14-15H,6-9,12H2,1-3H3,(H,21,24)(H,22,25)/t14-,15+/m1/s1. The lowest BCUT2D eigenvalue weighted by Crippen LogP contribution is -2.47. The minimum Gasteiger partial charge on any atom is -0.460 e. The third-order valence-corrected chi connectivity index (χ3v) is 3.93. The first-order valence-corrected chi connectivity index (χ1v) is 9.08. The van der Waals surface area contributed by atoms with Gasteiger partial charge in [-0.2, -0.15) is 0 Å². The van der Waals surface area contributed by atoms with E-state index in [1.165, 1.54) is 0 Å². The Morgan fingerprint density at radius 2 is 2.11 bits per heavy atom. The molecule has 2 rings (SSSR count). The Morgan fingerprint density at radius 1 is 1.33 bits per heavy atom. The molecule has 2 amide bonds. The number of carbonyl (C=O) groups excluding carboxylic acids is 3. The number of nitrogens with one attached hydrogen (secondary N) is 2. The number of hydrogen-bond acceptors (Lipinski definition) is 6. The van der Waals surface area contributed by atoms with Crippen LogP contribution < -0.4 is 10.6 Å². The van der Waals surface area contributed by atoms with Crippen molar-refractivity contribution in [2.45, 2.75) is 64.2 Å². The van der Waals surface area contributed by atoms with Gasteiger partial charge in [-0.25, -0.2) is 4.79 Å². The first-order chi connectivity index (χ1) is 12.7. The van der Waals surface area contributed by atoms with Gasteiger partial charge < -0.3 is 20.1 Å². The molecular formula is C19H27N3O5. The maximum Gasteiger partial charge on any atom is 0.408 e. The highest BCUT2D eigenvalue weighted by molar-refractivity contribution is 5.86. The van der Waals surface area contributed by atoms with E-state index in [1.54, 1.807) is 33.2 Å². The van der Waals surface area contributed by atoms with Crippen LogP contribution >= 0.6 is 0 Å². The van der Waals surface area contributed by atoms with Gasteiger partial charge in [0.1, 0.15) is 17.7 Å². The third-order valence-electron chi connectivity index (χ3n) is 3.93. The molecule has 0 aromatic carbocycles. The van der Waals surface area contributed by atoms with Crippen LogP contribution in [0.2, 0.25) is 0 Å². The Labute approximate surface area is 159 Å². The number of hydrogen-bond donors (Lipinski definition) is 2. The van der Waals surface area contributed by atoms with Crippen molar-refractivity contribution < 1.29 is 23.9 Å². The number of ether oxygens (including phenoxy) is 2. The third kappa shape index (κ3) is 7.64. The first-order valence-electron chi connectivity index (χ1n) is 9.08. The van der Waals surface area contributed by atoms with Crippen molar-refractivity contribution in [3.05, 3.63) is 30.1 Å². The predicted octanol–water partition coefficient (Wildman–Crippen LogP) is 1.73. The van der Waals surface area contributed by atoms with Gasteiger partial charge in [-0.15, -0.1) is 0 Å². The molecule has 8 nitrogen and oxygen atoms in total. The average molecular weight is 377 g/mol. The van der Waals surface area contributed by atoms with Gasteiger partial charge in [-0.05, 0) is 51.7 Å². The summed E-state index contributed by atoms with van der Waals surface area (Å²) < 4.78 is 10.6. The fourth-order valence-corrected chi connectivity index (χ4v) is 2.65. The van der Waals surface area contributed by atoms with Crippen molar-refractivity contribution in [3.63, 3.8) is 0 Å². The molecule has 27 heavy (non-hydrogen) atoms. The molecular weight excluding hydrogens is 350 g/mol. The molecule has 1 aromatic heterocycles. The van der Waals surface area contributed by atoms with Crippen LogP contribution in [-0.4, -0.2) is 47.2 Å². The van der Waals surface area contributed by atoms with E-state index in [-0.39, 0.29) is 24.8 Å². The SMILES string of the molecule is CC(C)(C)OC(=O)N[C@H]1CC[C@@H](OC(=O)CCc2cccnc2)CNC1=O. The van der Waals surface area contributed by atoms with Gasteiger partial charge in [0.2, 0.25) is 5.91 Å². The quantitative estimate of drug-likeness (QED) is 0.757. The van der Waals surface area contributed by atoms with E-state index in [2.05, 4.69) is 15.6 Å². The summed E-state index contributed by atoms with van der Waals surface area (Å²) in [6.07, 6.45) is 3.97. The van der Waals surface area contributed by atoms with Crippen LogP contribution in [0.15, 0.2) is 24.5 Å². The first kappa shape index (κ1) is 20.7. The molecule has 0 spiro atoms. The molecule has 2 atom stereocenters. The number of carbonyl (C=O) groups is 3. The lowest BCUT2D eigenvalue weighted by Gasteiger charge is -2.22. The molecule has 148 valence electrons. The Kier molecular flexibility index (Phi) is 7.15. The molecule has 0 aliphatic carbocycles. The van der Waals surface area contributed by atoms with Crippen molar-refractivity contribution in [1.29, 1.82) is 0 Å². The van der Waals surface area contributed by atoms with Gasteiger partial charge in [0.25, 0.3) is 0 Å². The molecule has 0 unspecified atom stereocenters. The van der Waals surface area contributed by atoms with Crippen LogP contribution in [0.25, 0.3) is 0 Å². The van der Waals surface area contributed by atoms with E-state index in [4.69, 9.17) is 9.47 Å². The van der Waals surface area contributed by atoms with E-state index in [1.807, 2.05) is 12.1 Å². The summed E-state index contributed by atoms with van der Waals surface area (Å²) in [6, 6.07) is 3.01. The van der Waals surface area contributed by atoms with Crippen LogP contribution in [0, 0.1) is 0 Å². The highest BCUT2D eigenvalue weighted by atomic mass is 16.6. The van der Waals surface area contributed by atoms with Crippen molar-refractivity contribution in [3.8, 4) is 0 Å². The molecule has 0 bridgehead atoms. The molecule has 1 aromatic rings. The number of nitrogens with zero attached hydrogens (tertiary/aromatic N) is 1. The number of amides is 2. The highest BCUT2D eigenvalue weighted by Crippen LogP contribution is 2.13.